The quantitative estimate of drug-likeness (QED) is 0.322. The molecule has 2 amide bonds. The number of methoxy groups -OCH3 is 1. The lowest BCUT2D eigenvalue weighted by Crippen LogP contribution is -2.35. The van der Waals surface area contributed by atoms with E-state index < -0.39 is 0 Å². The second-order valence-corrected chi connectivity index (χ2v) is 8.43. The molecule has 0 radical (unpaired) electrons. The Morgan fingerprint density at radius 3 is 2.37 bits per heavy atom. The smallest absolute Gasteiger partial charge is 0.267 e. The van der Waals surface area contributed by atoms with Crippen LogP contribution in [0.4, 0.5) is 0 Å². The number of para-hydroxylation sites is 1. The Morgan fingerprint density at radius 1 is 0.943 bits per heavy atom. The van der Waals surface area contributed by atoms with Crippen molar-refractivity contribution in [3.8, 4) is 5.75 Å². The molecule has 1 aromatic heterocycles. The monoisotopic (exact) mass is 467 g/mol. The molecule has 4 aromatic rings. The molecule has 0 spiro atoms. The zero-order chi connectivity index (χ0) is 24.8. The van der Waals surface area contributed by atoms with Crippen LogP contribution in [0.5, 0.6) is 5.75 Å². The van der Waals surface area contributed by atoms with Crippen molar-refractivity contribution in [2.75, 3.05) is 13.7 Å². The summed E-state index contributed by atoms with van der Waals surface area (Å²) in [7, 11) is 1.60. The Kier molecular flexibility index (Phi) is 7.31. The second-order valence-electron chi connectivity index (χ2n) is 8.43. The van der Waals surface area contributed by atoms with Crippen molar-refractivity contribution in [1.29, 1.82) is 0 Å². The molecule has 0 atom stereocenters. The van der Waals surface area contributed by atoms with E-state index in [4.69, 9.17) is 4.74 Å². The summed E-state index contributed by atoms with van der Waals surface area (Å²) < 4.78 is 5.21. The molecule has 4 rings (SSSR count). The van der Waals surface area contributed by atoms with Crippen LogP contribution in [0, 0.1) is 13.8 Å². The van der Waals surface area contributed by atoms with Gasteiger partial charge < -0.3 is 20.4 Å². The Bertz CT molecular complexity index is 1370. The molecule has 6 heteroatoms. The van der Waals surface area contributed by atoms with Gasteiger partial charge in [-0.1, -0.05) is 48.0 Å². The minimum Gasteiger partial charge on any atom is -0.497 e. The highest BCUT2D eigenvalue weighted by Crippen LogP contribution is 2.22. The van der Waals surface area contributed by atoms with E-state index in [9.17, 15) is 9.59 Å². The number of aryl methyl sites for hydroxylation is 2. The van der Waals surface area contributed by atoms with Crippen LogP contribution in [-0.4, -0.2) is 30.5 Å². The molecule has 0 saturated carbocycles. The molecule has 6 nitrogen and oxygen atoms in total. The van der Waals surface area contributed by atoms with Gasteiger partial charge in [0.2, 0.25) is 0 Å². The summed E-state index contributed by atoms with van der Waals surface area (Å²) >= 11 is 0. The molecule has 0 aliphatic carbocycles. The van der Waals surface area contributed by atoms with E-state index in [-0.39, 0.29) is 17.5 Å². The number of fused-ring (bicyclic) bond motifs is 1. The van der Waals surface area contributed by atoms with Crippen molar-refractivity contribution in [3.05, 3.63) is 106 Å². The van der Waals surface area contributed by atoms with Gasteiger partial charge in [0.05, 0.1) is 7.11 Å². The number of aromatic nitrogens is 1. The first kappa shape index (κ1) is 23.8. The van der Waals surface area contributed by atoms with E-state index in [0.29, 0.717) is 24.3 Å². The fraction of sp³-hybridized carbons (Fsp3) is 0.172. The lowest BCUT2D eigenvalue weighted by molar-refractivity contribution is -0.117. The summed E-state index contributed by atoms with van der Waals surface area (Å²) in [6.45, 7) is 4.43. The third-order valence-corrected chi connectivity index (χ3v) is 5.92. The fourth-order valence-corrected chi connectivity index (χ4v) is 3.98. The van der Waals surface area contributed by atoms with Gasteiger partial charge in [-0.25, -0.2) is 0 Å². The predicted molar refractivity (Wildman–Crippen MR) is 139 cm³/mol. The van der Waals surface area contributed by atoms with Gasteiger partial charge in [0.1, 0.15) is 11.4 Å². The third-order valence-electron chi connectivity index (χ3n) is 5.92. The number of ether oxygens (including phenoxy) is 1. The van der Waals surface area contributed by atoms with Gasteiger partial charge in [-0.15, -0.1) is 0 Å². The fourth-order valence-electron chi connectivity index (χ4n) is 3.98. The normalized spacial score (nSPS) is 11.3. The number of amides is 2. The Hall–Kier alpha value is -4.32. The van der Waals surface area contributed by atoms with Crippen LogP contribution >= 0.6 is 0 Å². The number of nitrogens with one attached hydrogen (secondary N) is 3. The van der Waals surface area contributed by atoms with Crippen LogP contribution in [0.25, 0.3) is 17.0 Å². The first-order chi connectivity index (χ1) is 16.9. The van der Waals surface area contributed by atoms with Gasteiger partial charge in [-0.05, 0) is 67.8 Å². The van der Waals surface area contributed by atoms with Gasteiger partial charge >= 0.3 is 0 Å². The van der Waals surface area contributed by atoms with E-state index in [2.05, 4.69) is 21.7 Å². The maximum atomic E-state index is 13.1. The average molecular weight is 468 g/mol. The molecule has 0 saturated heterocycles. The minimum absolute atomic E-state index is 0.177. The van der Waals surface area contributed by atoms with Crippen LogP contribution in [0.15, 0.2) is 78.5 Å². The van der Waals surface area contributed by atoms with E-state index in [1.165, 1.54) is 5.56 Å². The van der Waals surface area contributed by atoms with Gasteiger partial charge in [0, 0.05) is 28.7 Å². The molecule has 3 N–H and O–H groups in total. The highest BCUT2D eigenvalue weighted by molar-refractivity contribution is 6.05. The van der Waals surface area contributed by atoms with Crippen molar-refractivity contribution >= 4 is 28.8 Å². The first-order valence-corrected chi connectivity index (χ1v) is 11.5. The molecule has 0 aliphatic heterocycles. The number of aromatic amines is 1. The summed E-state index contributed by atoms with van der Waals surface area (Å²) in [5.74, 6) is 0.0251. The lowest BCUT2D eigenvalue weighted by Gasteiger charge is -2.12. The van der Waals surface area contributed by atoms with Crippen LogP contribution in [0.3, 0.4) is 0 Å². The molecular formula is C29H29N3O3. The van der Waals surface area contributed by atoms with Crippen LogP contribution < -0.4 is 15.4 Å². The number of carbonyl (C=O) groups is 2. The predicted octanol–water partition coefficient (Wildman–Crippen LogP) is 4.92. The standard InChI is InChI=1S/C29H29N3O3/c1-19-8-12-22(13-9-19)28(33)32-27(18-21-10-14-23(35-3)15-11-21)29(34)30-17-16-24-20(2)31-26-7-5-4-6-25(24)26/h4-15,18,31H,16-17H2,1-3H3,(H,30,34)(H,32,33). The van der Waals surface area contributed by atoms with Crippen molar-refractivity contribution in [2.24, 2.45) is 0 Å². The molecule has 3 aromatic carbocycles. The van der Waals surface area contributed by atoms with E-state index in [0.717, 1.165) is 27.7 Å². The molecule has 0 fully saturated rings. The highest BCUT2D eigenvalue weighted by atomic mass is 16.5. The summed E-state index contributed by atoms with van der Waals surface area (Å²) in [5.41, 5.74) is 5.83. The SMILES string of the molecule is COc1ccc(C=C(NC(=O)c2ccc(C)cc2)C(=O)NCCc2c(C)[nH]c3ccccc23)cc1. The van der Waals surface area contributed by atoms with Crippen LogP contribution in [0.1, 0.15) is 32.7 Å². The number of hydrogen-bond donors (Lipinski definition) is 3. The van der Waals surface area contributed by atoms with Crippen LogP contribution in [-0.2, 0) is 11.2 Å². The number of carbonyl (C=O) groups excluding carboxylic acids is 2. The molecule has 0 aliphatic rings. The molecule has 0 bridgehead atoms. The summed E-state index contributed by atoms with van der Waals surface area (Å²) in [4.78, 5) is 29.4. The summed E-state index contributed by atoms with van der Waals surface area (Å²) in [6, 6.07) is 22.6. The molecule has 35 heavy (non-hydrogen) atoms. The van der Waals surface area contributed by atoms with Gasteiger partial charge in [0.25, 0.3) is 11.8 Å². The molecular weight excluding hydrogens is 438 g/mol. The lowest BCUT2D eigenvalue weighted by atomic mass is 10.1. The van der Waals surface area contributed by atoms with Crippen LogP contribution in [0.2, 0.25) is 0 Å². The molecule has 0 unspecified atom stereocenters. The number of benzene rings is 3. The van der Waals surface area contributed by atoms with Crippen molar-refractivity contribution in [1.82, 2.24) is 15.6 Å². The third kappa shape index (κ3) is 5.79. The van der Waals surface area contributed by atoms with Crippen molar-refractivity contribution in [2.45, 2.75) is 20.3 Å². The highest BCUT2D eigenvalue weighted by Gasteiger charge is 2.15. The Morgan fingerprint density at radius 2 is 1.66 bits per heavy atom. The first-order valence-electron chi connectivity index (χ1n) is 11.5. The second kappa shape index (κ2) is 10.7. The van der Waals surface area contributed by atoms with Gasteiger partial charge in [0.15, 0.2) is 0 Å². The number of hydrogen-bond acceptors (Lipinski definition) is 3. The van der Waals surface area contributed by atoms with Gasteiger partial charge in [-0.3, -0.25) is 9.59 Å². The Balaban J connectivity index is 1.51. The average Bonchev–Trinajstić information content (AvgIpc) is 3.19. The molecule has 178 valence electrons. The van der Waals surface area contributed by atoms with E-state index in [1.54, 1.807) is 25.3 Å². The molecule has 1 heterocycles. The van der Waals surface area contributed by atoms with Gasteiger partial charge in [-0.2, -0.15) is 0 Å². The topological polar surface area (TPSA) is 83.2 Å². The maximum absolute atomic E-state index is 13.1. The minimum atomic E-state index is -0.348. The zero-order valence-corrected chi connectivity index (χ0v) is 20.1. The van der Waals surface area contributed by atoms with E-state index in [1.807, 2.05) is 68.4 Å². The Labute approximate surface area is 205 Å². The summed E-state index contributed by atoms with van der Waals surface area (Å²) in [6.07, 6.45) is 2.33. The number of rotatable bonds is 8. The maximum Gasteiger partial charge on any atom is 0.267 e. The van der Waals surface area contributed by atoms with E-state index >= 15 is 0 Å². The van der Waals surface area contributed by atoms with Crippen molar-refractivity contribution < 1.29 is 14.3 Å². The largest absolute Gasteiger partial charge is 0.497 e. The zero-order valence-electron chi connectivity index (χ0n) is 20.1. The van der Waals surface area contributed by atoms with Crippen molar-refractivity contribution in [3.63, 3.8) is 0 Å². The summed E-state index contributed by atoms with van der Waals surface area (Å²) in [5, 5.41) is 6.90. The number of H-pyrrole nitrogens is 1.